The molecular formula is C25H28FN3O4. The minimum Gasteiger partial charge on any atom is -0.467 e. The number of furan rings is 1. The smallest absolute Gasteiger partial charge is 0.322 e. The lowest BCUT2D eigenvalue weighted by molar-refractivity contribution is -0.133. The van der Waals surface area contributed by atoms with E-state index in [1.165, 1.54) is 30.4 Å². The molecule has 0 fully saturated rings. The SMILES string of the molecule is COCCN(CC(=O)N(Cc1ccc(F)cc1)Cc1ccco1)C(=O)Nc1cccc(C)c1. The number of nitrogens with one attached hydrogen (secondary N) is 1. The monoisotopic (exact) mass is 453 g/mol. The molecule has 3 aromatic rings. The Bertz CT molecular complexity index is 1040. The lowest BCUT2D eigenvalue weighted by Gasteiger charge is -2.27. The topological polar surface area (TPSA) is 75.0 Å². The summed E-state index contributed by atoms with van der Waals surface area (Å²) in [6.45, 7) is 2.78. The van der Waals surface area contributed by atoms with Crippen LogP contribution in [0.5, 0.6) is 0 Å². The van der Waals surface area contributed by atoms with Crippen LogP contribution in [0.15, 0.2) is 71.3 Å². The van der Waals surface area contributed by atoms with E-state index < -0.39 is 6.03 Å². The van der Waals surface area contributed by atoms with E-state index in [1.54, 1.807) is 35.2 Å². The lowest BCUT2D eigenvalue weighted by atomic mass is 10.2. The van der Waals surface area contributed by atoms with Crippen LogP contribution in [0.2, 0.25) is 0 Å². The first-order chi connectivity index (χ1) is 15.9. The van der Waals surface area contributed by atoms with Gasteiger partial charge in [0.1, 0.15) is 18.1 Å². The number of halogens is 1. The molecule has 1 aromatic heterocycles. The number of hydrogen-bond acceptors (Lipinski definition) is 4. The summed E-state index contributed by atoms with van der Waals surface area (Å²) in [7, 11) is 1.54. The molecule has 0 spiro atoms. The van der Waals surface area contributed by atoms with Gasteiger partial charge >= 0.3 is 6.03 Å². The van der Waals surface area contributed by atoms with Crippen LogP contribution >= 0.6 is 0 Å². The number of rotatable bonds is 10. The van der Waals surface area contributed by atoms with Crippen LogP contribution in [0.4, 0.5) is 14.9 Å². The summed E-state index contributed by atoms with van der Waals surface area (Å²) in [6.07, 6.45) is 1.54. The number of benzene rings is 2. The van der Waals surface area contributed by atoms with Crippen LogP contribution < -0.4 is 5.32 Å². The van der Waals surface area contributed by atoms with Crippen molar-refractivity contribution in [2.45, 2.75) is 20.0 Å². The summed E-state index contributed by atoms with van der Waals surface area (Å²) in [5, 5.41) is 2.84. The lowest BCUT2D eigenvalue weighted by Crippen LogP contribution is -2.45. The quantitative estimate of drug-likeness (QED) is 0.493. The van der Waals surface area contributed by atoms with E-state index in [0.29, 0.717) is 11.4 Å². The van der Waals surface area contributed by atoms with Crippen molar-refractivity contribution in [3.8, 4) is 0 Å². The van der Waals surface area contributed by atoms with Crippen LogP contribution in [0, 0.1) is 12.7 Å². The number of carbonyl (C=O) groups is 2. The van der Waals surface area contributed by atoms with Crippen LogP contribution in [-0.4, -0.2) is 48.5 Å². The van der Waals surface area contributed by atoms with Crippen molar-refractivity contribution in [3.63, 3.8) is 0 Å². The summed E-state index contributed by atoms with van der Waals surface area (Å²) in [6, 6.07) is 16.5. The predicted octanol–water partition coefficient (Wildman–Crippen LogP) is 4.44. The number of aryl methyl sites for hydroxylation is 1. The first kappa shape index (κ1) is 24.0. The molecule has 2 aromatic carbocycles. The molecule has 7 nitrogen and oxygen atoms in total. The third kappa shape index (κ3) is 7.47. The summed E-state index contributed by atoms with van der Waals surface area (Å²) in [5.41, 5.74) is 2.42. The fourth-order valence-electron chi connectivity index (χ4n) is 3.28. The second kappa shape index (κ2) is 11.8. The molecule has 0 atom stereocenters. The number of carbonyl (C=O) groups excluding carboxylic acids is 2. The Hall–Kier alpha value is -3.65. The van der Waals surface area contributed by atoms with E-state index in [0.717, 1.165) is 11.1 Å². The highest BCUT2D eigenvalue weighted by atomic mass is 19.1. The fraction of sp³-hybridized carbons (Fsp3) is 0.280. The van der Waals surface area contributed by atoms with Crippen molar-refractivity contribution in [1.29, 1.82) is 0 Å². The molecule has 0 bridgehead atoms. The van der Waals surface area contributed by atoms with Gasteiger partial charge < -0.3 is 24.3 Å². The third-order valence-corrected chi connectivity index (χ3v) is 5.01. The van der Waals surface area contributed by atoms with Gasteiger partial charge in [0.05, 0.1) is 19.4 Å². The highest BCUT2D eigenvalue weighted by molar-refractivity contribution is 5.92. The minimum absolute atomic E-state index is 0.150. The number of methoxy groups -OCH3 is 1. The molecule has 0 radical (unpaired) electrons. The van der Waals surface area contributed by atoms with Crippen LogP contribution in [0.3, 0.4) is 0 Å². The average Bonchev–Trinajstić information content (AvgIpc) is 3.30. The van der Waals surface area contributed by atoms with Gasteiger partial charge in [-0.3, -0.25) is 4.79 Å². The summed E-state index contributed by atoms with van der Waals surface area (Å²) in [4.78, 5) is 29.2. The van der Waals surface area contributed by atoms with Gasteiger partial charge in [-0.1, -0.05) is 24.3 Å². The molecule has 0 saturated heterocycles. The molecule has 1 N–H and O–H groups in total. The second-order valence-corrected chi connectivity index (χ2v) is 7.67. The Balaban J connectivity index is 1.74. The molecule has 33 heavy (non-hydrogen) atoms. The van der Waals surface area contributed by atoms with Gasteiger partial charge in [0.15, 0.2) is 0 Å². The first-order valence-electron chi connectivity index (χ1n) is 10.6. The summed E-state index contributed by atoms with van der Waals surface area (Å²) in [5.74, 6) is -0.00874. The Morgan fingerprint density at radius 1 is 1.03 bits per heavy atom. The van der Waals surface area contributed by atoms with Gasteiger partial charge in [0, 0.05) is 25.9 Å². The van der Waals surface area contributed by atoms with E-state index in [9.17, 15) is 14.0 Å². The number of urea groups is 1. The van der Waals surface area contributed by atoms with Crippen LogP contribution in [-0.2, 0) is 22.6 Å². The van der Waals surface area contributed by atoms with E-state index in [1.807, 2.05) is 25.1 Å². The van der Waals surface area contributed by atoms with Crippen molar-refractivity contribution in [2.75, 3.05) is 32.1 Å². The van der Waals surface area contributed by atoms with E-state index in [2.05, 4.69) is 5.32 Å². The maximum absolute atomic E-state index is 13.3. The third-order valence-electron chi connectivity index (χ3n) is 5.01. The second-order valence-electron chi connectivity index (χ2n) is 7.67. The van der Waals surface area contributed by atoms with Crippen molar-refractivity contribution in [1.82, 2.24) is 9.80 Å². The van der Waals surface area contributed by atoms with Crippen molar-refractivity contribution in [3.05, 3.63) is 89.6 Å². The van der Waals surface area contributed by atoms with E-state index >= 15 is 0 Å². The van der Waals surface area contributed by atoms with Gasteiger partial charge in [-0.15, -0.1) is 0 Å². The summed E-state index contributed by atoms with van der Waals surface area (Å²) >= 11 is 0. The fourth-order valence-corrected chi connectivity index (χ4v) is 3.28. The zero-order valence-electron chi connectivity index (χ0n) is 18.8. The van der Waals surface area contributed by atoms with Crippen molar-refractivity contribution >= 4 is 17.6 Å². The van der Waals surface area contributed by atoms with E-state index in [-0.39, 0.29) is 44.5 Å². The molecule has 1 heterocycles. The van der Waals surface area contributed by atoms with Gasteiger partial charge in [0.25, 0.3) is 0 Å². The standard InChI is InChI=1S/C25H28FN3O4/c1-19-5-3-6-22(15-19)27-25(31)28(12-14-32-2)18-24(30)29(17-23-7-4-13-33-23)16-20-8-10-21(26)11-9-20/h3-11,13,15H,12,14,16-18H2,1-2H3,(H,27,31). The Kier molecular flexibility index (Phi) is 8.60. The van der Waals surface area contributed by atoms with Crippen LogP contribution in [0.25, 0.3) is 0 Å². The van der Waals surface area contributed by atoms with Gasteiger partial charge in [-0.2, -0.15) is 0 Å². The van der Waals surface area contributed by atoms with Crippen molar-refractivity contribution < 1.29 is 23.1 Å². The molecular weight excluding hydrogens is 425 g/mol. The Labute approximate surface area is 192 Å². The molecule has 3 rings (SSSR count). The number of ether oxygens (including phenoxy) is 1. The minimum atomic E-state index is -0.397. The number of anilines is 1. The van der Waals surface area contributed by atoms with Gasteiger partial charge in [-0.05, 0) is 54.4 Å². The highest BCUT2D eigenvalue weighted by Crippen LogP contribution is 2.14. The summed E-state index contributed by atoms with van der Waals surface area (Å²) < 4.78 is 23.9. The molecule has 174 valence electrons. The zero-order valence-corrected chi connectivity index (χ0v) is 18.8. The molecule has 0 aliphatic rings. The number of hydrogen-bond donors (Lipinski definition) is 1. The predicted molar refractivity (Wildman–Crippen MR) is 123 cm³/mol. The van der Waals surface area contributed by atoms with Gasteiger partial charge in [-0.25, -0.2) is 9.18 Å². The van der Waals surface area contributed by atoms with Crippen LogP contribution in [0.1, 0.15) is 16.9 Å². The number of amides is 3. The molecule has 8 heteroatoms. The Morgan fingerprint density at radius 3 is 2.48 bits per heavy atom. The molecule has 3 amide bonds. The molecule has 0 aliphatic carbocycles. The van der Waals surface area contributed by atoms with Gasteiger partial charge in [0.2, 0.25) is 5.91 Å². The highest BCUT2D eigenvalue weighted by Gasteiger charge is 2.22. The average molecular weight is 454 g/mol. The maximum Gasteiger partial charge on any atom is 0.322 e. The first-order valence-corrected chi connectivity index (χ1v) is 10.6. The van der Waals surface area contributed by atoms with E-state index in [4.69, 9.17) is 9.15 Å². The zero-order chi connectivity index (χ0) is 23.6. The molecule has 0 aliphatic heterocycles. The molecule has 0 saturated carbocycles. The van der Waals surface area contributed by atoms with Crippen molar-refractivity contribution in [2.24, 2.45) is 0 Å². The Morgan fingerprint density at radius 2 is 1.82 bits per heavy atom. The molecule has 0 unspecified atom stereocenters. The number of nitrogens with zero attached hydrogens (tertiary/aromatic N) is 2. The normalized spacial score (nSPS) is 10.6. The largest absolute Gasteiger partial charge is 0.467 e. The maximum atomic E-state index is 13.3.